The number of hydrogen-bond acceptors (Lipinski definition) is 2. The Morgan fingerprint density at radius 3 is 2.43 bits per heavy atom. The first-order valence-corrected chi connectivity index (χ1v) is 5.34. The molecule has 0 spiro atoms. The van der Waals surface area contributed by atoms with E-state index < -0.39 is 0 Å². The average molecular weight is 193 g/mol. The Bertz CT molecular complexity index is 235. The van der Waals surface area contributed by atoms with Gasteiger partial charge in [0.1, 0.15) is 0 Å². The molecule has 1 rings (SSSR count). The molecule has 0 fully saturated rings. The van der Waals surface area contributed by atoms with E-state index in [0.717, 1.165) is 25.3 Å². The first kappa shape index (κ1) is 11.1. The molecule has 78 valence electrons. The van der Waals surface area contributed by atoms with Crippen LogP contribution < -0.4 is 5.06 Å². The Balaban J connectivity index is 2.46. The summed E-state index contributed by atoms with van der Waals surface area (Å²) in [5, 5.41) is 1.94. The number of hydrogen-bond donors (Lipinski definition) is 0. The van der Waals surface area contributed by atoms with E-state index >= 15 is 0 Å². The minimum absolute atomic E-state index is 0.805. The molecule has 0 radical (unpaired) electrons. The molecule has 0 saturated heterocycles. The van der Waals surface area contributed by atoms with Gasteiger partial charge in [-0.05, 0) is 25.5 Å². The third-order valence-electron chi connectivity index (χ3n) is 2.08. The van der Waals surface area contributed by atoms with Crippen LogP contribution in [0.2, 0.25) is 0 Å². The van der Waals surface area contributed by atoms with E-state index in [0.29, 0.717) is 0 Å². The molecule has 0 atom stereocenters. The van der Waals surface area contributed by atoms with E-state index in [4.69, 9.17) is 4.84 Å². The predicted molar refractivity (Wildman–Crippen MR) is 60.3 cm³/mol. The van der Waals surface area contributed by atoms with Gasteiger partial charge in [0.25, 0.3) is 0 Å². The maximum atomic E-state index is 5.65. The fraction of sp³-hybridized carbons (Fsp3) is 0.500. The second kappa shape index (κ2) is 6.44. The highest BCUT2D eigenvalue weighted by Gasteiger charge is 2.02. The summed E-state index contributed by atoms with van der Waals surface area (Å²) < 4.78 is 0. The summed E-state index contributed by atoms with van der Waals surface area (Å²) in [6, 6.07) is 10.2. The number of anilines is 1. The highest BCUT2D eigenvalue weighted by molar-refractivity contribution is 5.42. The molecule has 1 aromatic carbocycles. The van der Waals surface area contributed by atoms with Crippen LogP contribution in [0, 0.1) is 0 Å². The van der Waals surface area contributed by atoms with Crippen molar-refractivity contribution in [1.82, 2.24) is 0 Å². The van der Waals surface area contributed by atoms with Gasteiger partial charge in [0.15, 0.2) is 0 Å². The first-order chi connectivity index (χ1) is 6.88. The molecule has 0 bridgehead atoms. The van der Waals surface area contributed by atoms with Gasteiger partial charge < -0.3 is 0 Å². The van der Waals surface area contributed by atoms with Crippen molar-refractivity contribution in [3.05, 3.63) is 30.3 Å². The fourth-order valence-corrected chi connectivity index (χ4v) is 1.26. The van der Waals surface area contributed by atoms with Gasteiger partial charge in [0.05, 0.1) is 12.3 Å². The average Bonchev–Trinajstić information content (AvgIpc) is 2.26. The van der Waals surface area contributed by atoms with Crippen molar-refractivity contribution < 1.29 is 4.84 Å². The Morgan fingerprint density at radius 1 is 1.14 bits per heavy atom. The molecule has 0 aromatic heterocycles. The van der Waals surface area contributed by atoms with Crippen LogP contribution in [0.3, 0.4) is 0 Å². The van der Waals surface area contributed by atoms with Crippen molar-refractivity contribution >= 4 is 5.69 Å². The minimum Gasteiger partial charge on any atom is -0.273 e. The van der Waals surface area contributed by atoms with Crippen molar-refractivity contribution in [2.45, 2.75) is 26.7 Å². The predicted octanol–water partition coefficient (Wildman–Crippen LogP) is 3.24. The van der Waals surface area contributed by atoms with Gasteiger partial charge in [0.2, 0.25) is 0 Å². The van der Waals surface area contributed by atoms with Crippen LogP contribution in [-0.4, -0.2) is 13.2 Å². The summed E-state index contributed by atoms with van der Waals surface area (Å²) in [5.41, 5.74) is 1.13. The van der Waals surface area contributed by atoms with E-state index in [1.807, 2.05) is 23.3 Å². The SMILES string of the molecule is CCCCON(CC)c1ccccc1. The summed E-state index contributed by atoms with van der Waals surface area (Å²) >= 11 is 0. The third-order valence-corrected chi connectivity index (χ3v) is 2.08. The van der Waals surface area contributed by atoms with E-state index in [2.05, 4.69) is 26.0 Å². The number of benzene rings is 1. The van der Waals surface area contributed by atoms with Gasteiger partial charge in [-0.3, -0.25) is 9.90 Å². The lowest BCUT2D eigenvalue weighted by Gasteiger charge is -2.21. The summed E-state index contributed by atoms with van der Waals surface area (Å²) in [6.07, 6.45) is 2.29. The molecule has 14 heavy (non-hydrogen) atoms. The molecule has 0 N–H and O–H groups in total. The Labute approximate surface area is 86.4 Å². The fourth-order valence-electron chi connectivity index (χ4n) is 1.26. The van der Waals surface area contributed by atoms with E-state index in [1.165, 1.54) is 6.42 Å². The van der Waals surface area contributed by atoms with Crippen molar-refractivity contribution in [2.75, 3.05) is 18.2 Å². The summed E-state index contributed by atoms with van der Waals surface area (Å²) in [6.45, 7) is 5.95. The van der Waals surface area contributed by atoms with Gasteiger partial charge in [-0.15, -0.1) is 0 Å². The smallest absolute Gasteiger partial charge is 0.0748 e. The highest BCUT2D eigenvalue weighted by Crippen LogP contribution is 2.13. The zero-order valence-electron chi connectivity index (χ0n) is 9.07. The van der Waals surface area contributed by atoms with Gasteiger partial charge >= 0.3 is 0 Å². The van der Waals surface area contributed by atoms with Gasteiger partial charge in [-0.25, -0.2) is 0 Å². The number of para-hydroxylation sites is 1. The lowest BCUT2D eigenvalue weighted by atomic mass is 10.3. The normalized spacial score (nSPS) is 10.1. The molecule has 0 unspecified atom stereocenters. The van der Waals surface area contributed by atoms with Crippen LogP contribution in [0.5, 0.6) is 0 Å². The zero-order valence-corrected chi connectivity index (χ0v) is 9.07. The second-order valence-electron chi connectivity index (χ2n) is 3.22. The van der Waals surface area contributed by atoms with Crippen LogP contribution in [-0.2, 0) is 4.84 Å². The van der Waals surface area contributed by atoms with E-state index in [-0.39, 0.29) is 0 Å². The number of unbranched alkanes of at least 4 members (excludes halogenated alkanes) is 1. The van der Waals surface area contributed by atoms with Crippen molar-refractivity contribution in [2.24, 2.45) is 0 Å². The molecular formula is C12H19NO. The van der Waals surface area contributed by atoms with Crippen LogP contribution in [0.25, 0.3) is 0 Å². The van der Waals surface area contributed by atoms with Crippen molar-refractivity contribution in [3.63, 3.8) is 0 Å². The maximum absolute atomic E-state index is 5.65. The van der Waals surface area contributed by atoms with Crippen LogP contribution in [0.4, 0.5) is 5.69 Å². The van der Waals surface area contributed by atoms with Gasteiger partial charge in [0, 0.05) is 6.54 Å². The van der Waals surface area contributed by atoms with Crippen LogP contribution >= 0.6 is 0 Å². The second-order valence-corrected chi connectivity index (χ2v) is 3.22. The number of nitrogens with zero attached hydrogens (tertiary/aromatic N) is 1. The number of rotatable bonds is 6. The van der Waals surface area contributed by atoms with Crippen molar-refractivity contribution in [1.29, 1.82) is 0 Å². The topological polar surface area (TPSA) is 12.5 Å². The lowest BCUT2D eigenvalue weighted by Crippen LogP contribution is -2.23. The largest absolute Gasteiger partial charge is 0.273 e. The molecule has 2 nitrogen and oxygen atoms in total. The summed E-state index contributed by atoms with van der Waals surface area (Å²) in [5.74, 6) is 0. The molecule has 0 heterocycles. The minimum atomic E-state index is 0.805. The molecule has 0 aliphatic carbocycles. The molecule has 0 aliphatic heterocycles. The molecule has 2 heteroatoms. The van der Waals surface area contributed by atoms with Gasteiger partial charge in [-0.1, -0.05) is 31.5 Å². The Morgan fingerprint density at radius 2 is 1.86 bits per heavy atom. The monoisotopic (exact) mass is 193 g/mol. The number of hydroxylamine groups is 1. The van der Waals surface area contributed by atoms with Crippen molar-refractivity contribution in [3.8, 4) is 0 Å². The Kier molecular flexibility index (Phi) is 5.08. The molecule has 0 aliphatic rings. The quantitative estimate of drug-likeness (QED) is 0.508. The lowest BCUT2D eigenvalue weighted by molar-refractivity contribution is 0.108. The van der Waals surface area contributed by atoms with E-state index in [1.54, 1.807) is 0 Å². The summed E-state index contributed by atoms with van der Waals surface area (Å²) in [7, 11) is 0. The molecular weight excluding hydrogens is 174 g/mol. The Hall–Kier alpha value is -1.02. The first-order valence-electron chi connectivity index (χ1n) is 5.34. The van der Waals surface area contributed by atoms with Gasteiger partial charge in [-0.2, -0.15) is 0 Å². The van der Waals surface area contributed by atoms with E-state index in [9.17, 15) is 0 Å². The van der Waals surface area contributed by atoms with Crippen LogP contribution in [0.1, 0.15) is 26.7 Å². The maximum Gasteiger partial charge on any atom is 0.0748 e. The zero-order chi connectivity index (χ0) is 10.2. The molecule has 1 aromatic rings. The molecule has 0 amide bonds. The standard InChI is InChI=1S/C12H19NO/c1-3-5-11-14-13(4-2)12-9-7-6-8-10-12/h6-10H,3-5,11H2,1-2H3. The van der Waals surface area contributed by atoms with Crippen LogP contribution in [0.15, 0.2) is 30.3 Å². The molecule has 0 saturated carbocycles. The highest BCUT2D eigenvalue weighted by atomic mass is 16.7. The third kappa shape index (κ3) is 3.38. The summed E-state index contributed by atoms with van der Waals surface area (Å²) in [4.78, 5) is 5.65.